The van der Waals surface area contributed by atoms with E-state index in [4.69, 9.17) is 10.2 Å². The molecule has 0 radical (unpaired) electrons. The maximum Gasteiger partial charge on any atom is 0.346 e. The van der Waals surface area contributed by atoms with Gasteiger partial charge in [0.1, 0.15) is 12.4 Å². The maximum atomic E-state index is 9.64. The lowest BCUT2D eigenvalue weighted by Gasteiger charge is -1.88. The number of rotatable bonds is 2. The van der Waals surface area contributed by atoms with Crippen LogP contribution in [0.1, 0.15) is 6.92 Å². The number of aliphatic hydroxyl groups excluding tert-OH is 1. The zero-order valence-electron chi connectivity index (χ0n) is 4.40. The van der Waals surface area contributed by atoms with Crippen molar-refractivity contribution in [2.75, 3.05) is 0 Å². The molecule has 2 N–H and O–H groups in total. The van der Waals surface area contributed by atoms with Gasteiger partial charge in [-0.25, -0.2) is 4.79 Å². The first-order valence-electron chi connectivity index (χ1n) is 2.07. The van der Waals surface area contributed by atoms with Gasteiger partial charge in [0, 0.05) is 0 Å². The van der Waals surface area contributed by atoms with Gasteiger partial charge < -0.3 is 10.2 Å². The van der Waals surface area contributed by atoms with Gasteiger partial charge >= 0.3 is 5.97 Å². The topological polar surface area (TPSA) is 69.9 Å². The Morgan fingerprint density at radius 2 is 2.38 bits per heavy atom. The summed E-state index contributed by atoms with van der Waals surface area (Å²) in [4.78, 5) is 12.8. The maximum absolute atomic E-state index is 9.64. The van der Waals surface area contributed by atoms with Crippen LogP contribution in [0.15, 0.2) is 4.99 Å². The van der Waals surface area contributed by atoms with Crippen LogP contribution in [-0.4, -0.2) is 28.6 Å². The third-order valence-electron chi connectivity index (χ3n) is 0.401. The standard InChI is InChI=1S/C4H7NO3/c1-3(6)5-2-4(7)8/h2-3,6H,1H3,(H,7,8)/b5-2+. The largest absolute Gasteiger partial charge is 0.477 e. The van der Waals surface area contributed by atoms with Crippen molar-refractivity contribution in [1.82, 2.24) is 0 Å². The second kappa shape index (κ2) is 3.15. The van der Waals surface area contributed by atoms with E-state index in [2.05, 4.69) is 4.99 Å². The van der Waals surface area contributed by atoms with Gasteiger partial charge in [0.25, 0.3) is 0 Å². The molecule has 8 heavy (non-hydrogen) atoms. The molecule has 0 amide bonds. The van der Waals surface area contributed by atoms with Crippen molar-refractivity contribution >= 4 is 12.2 Å². The summed E-state index contributed by atoms with van der Waals surface area (Å²) >= 11 is 0. The molecule has 1 atom stereocenters. The molecule has 0 fully saturated rings. The molecule has 0 aromatic carbocycles. The van der Waals surface area contributed by atoms with Crippen molar-refractivity contribution in [1.29, 1.82) is 0 Å². The Bertz CT molecular complexity index is 108. The monoisotopic (exact) mass is 117 g/mol. The average Bonchev–Trinajstić information content (AvgIpc) is 1.61. The third kappa shape index (κ3) is 5.10. The Hall–Kier alpha value is -0.900. The van der Waals surface area contributed by atoms with Gasteiger partial charge in [0.2, 0.25) is 0 Å². The fourth-order valence-corrected chi connectivity index (χ4v) is 0.172. The highest BCUT2D eigenvalue weighted by molar-refractivity contribution is 6.21. The second-order valence-corrected chi connectivity index (χ2v) is 1.25. The number of carboxylic acids is 1. The number of carboxylic acid groups (broad SMARTS) is 1. The molecular formula is C4H7NO3. The summed E-state index contributed by atoms with van der Waals surface area (Å²) < 4.78 is 0. The number of aliphatic carboxylic acids is 1. The Morgan fingerprint density at radius 1 is 1.88 bits per heavy atom. The van der Waals surface area contributed by atoms with E-state index in [0.29, 0.717) is 6.21 Å². The van der Waals surface area contributed by atoms with Crippen molar-refractivity contribution in [3.63, 3.8) is 0 Å². The van der Waals surface area contributed by atoms with Crippen LogP contribution in [0.3, 0.4) is 0 Å². The number of aliphatic imine (C=N–C) groups is 1. The van der Waals surface area contributed by atoms with E-state index >= 15 is 0 Å². The summed E-state index contributed by atoms with van der Waals surface area (Å²) in [6, 6.07) is 0. The molecule has 0 heterocycles. The smallest absolute Gasteiger partial charge is 0.346 e. The molecule has 46 valence electrons. The van der Waals surface area contributed by atoms with Crippen LogP contribution < -0.4 is 0 Å². The Balaban J connectivity index is 3.50. The van der Waals surface area contributed by atoms with Crippen LogP contribution in [0.4, 0.5) is 0 Å². The zero-order chi connectivity index (χ0) is 6.57. The van der Waals surface area contributed by atoms with Crippen LogP contribution in [0.5, 0.6) is 0 Å². The fraction of sp³-hybridized carbons (Fsp3) is 0.500. The lowest BCUT2D eigenvalue weighted by Crippen LogP contribution is -2.00. The molecule has 0 saturated heterocycles. The van der Waals surface area contributed by atoms with Crippen LogP contribution >= 0.6 is 0 Å². The fourth-order valence-electron chi connectivity index (χ4n) is 0.172. The molecule has 0 rings (SSSR count). The average molecular weight is 117 g/mol. The third-order valence-corrected chi connectivity index (χ3v) is 0.401. The molecule has 4 nitrogen and oxygen atoms in total. The van der Waals surface area contributed by atoms with E-state index in [1.807, 2.05) is 0 Å². The number of hydrogen-bond acceptors (Lipinski definition) is 3. The normalized spacial score (nSPS) is 14.2. The lowest BCUT2D eigenvalue weighted by molar-refractivity contribution is -0.128. The zero-order valence-corrected chi connectivity index (χ0v) is 4.40. The quantitative estimate of drug-likeness (QED) is 0.478. The molecule has 4 heteroatoms. The minimum Gasteiger partial charge on any atom is -0.477 e. The SMILES string of the molecule is CC(O)/N=C/C(=O)O. The van der Waals surface area contributed by atoms with Crippen LogP contribution in [-0.2, 0) is 4.79 Å². The summed E-state index contributed by atoms with van der Waals surface area (Å²) in [5, 5.41) is 16.2. The molecule has 0 saturated carbocycles. The van der Waals surface area contributed by atoms with Crippen molar-refractivity contribution in [3.05, 3.63) is 0 Å². The van der Waals surface area contributed by atoms with Gasteiger partial charge in [0.05, 0.1) is 0 Å². The van der Waals surface area contributed by atoms with Crippen molar-refractivity contribution in [2.24, 2.45) is 4.99 Å². The molecule has 0 aliphatic carbocycles. The first-order valence-corrected chi connectivity index (χ1v) is 2.07. The van der Waals surface area contributed by atoms with Gasteiger partial charge in [-0.1, -0.05) is 0 Å². The van der Waals surface area contributed by atoms with Gasteiger partial charge in [0.15, 0.2) is 0 Å². The minimum absolute atomic E-state index is 0.657. The molecule has 0 aromatic heterocycles. The number of hydrogen-bond donors (Lipinski definition) is 2. The van der Waals surface area contributed by atoms with Crippen molar-refractivity contribution in [2.45, 2.75) is 13.2 Å². The second-order valence-electron chi connectivity index (χ2n) is 1.25. The molecule has 0 aliphatic heterocycles. The van der Waals surface area contributed by atoms with Gasteiger partial charge in [-0.05, 0) is 6.92 Å². The first-order chi connectivity index (χ1) is 3.63. The molecule has 0 aromatic rings. The van der Waals surface area contributed by atoms with Crippen LogP contribution in [0.2, 0.25) is 0 Å². The lowest BCUT2D eigenvalue weighted by atomic mass is 10.6. The van der Waals surface area contributed by atoms with E-state index in [-0.39, 0.29) is 0 Å². The first kappa shape index (κ1) is 7.10. The van der Waals surface area contributed by atoms with Gasteiger partial charge in [-0.3, -0.25) is 4.99 Å². The molecular weight excluding hydrogens is 110 g/mol. The number of aliphatic hydroxyl groups is 1. The Labute approximate surface area is 46.5 Å². The molecule has 1 unspecified atom stereocenters. The predicted octanol–water partition coefficient (Wildman–Crippen LogP) is -0.520. The Kier molecular flexibility index (Phi) is 2.79. The predicted molar refractivity (Wildman–Crippen MR) is 27.8 cm³/mol. The minimum atomic E-state index is -1.15. The summed E-state index contributed by atoms with van der Waals surface area (Å²) in [6.45, 7) is 1.37. The van der Waals surface area contributed by atoms with E-state index in [1.165, 1.54) is 6.92 Å². The molecule has 0 spiro atoms. The van der Waals surface area contributed by atoms with Crippen LogP contribution in [0, 0.1) is 0 Å². The van der Waals surface area contributed by atoms with Crippen LogP contribution in [0.25, 0.3) is 0 Å². The van der Waals surface area contributed by atoms with E-state index in [9.17, 15) is 4.79 Å². The number of nitrogens with zero attached hydrogens (tertiary/aromatic N) is 1. The molecule has 0 aliphatic rings. The van der Waals surface area contributed by atoms with E-state index < -0.39 is 12.2 Å². The highest BCUT2D eigenvalue weighted by atomic mass is 16.4. The number of carbonyl (C=O) groups is 1. The van der Waals surface area contributed by atoms with Crippen molar-refractivity contribution < 1.29 is 15.0 Å². The summed E-state index contributed by atoms with van der Waals surface area (Å²) in [6.07, 6.45) is -0.268. The summed E-state index contributed by atoms with van der Waals surface area (Å²) in [5.74, 6) is -1.15. The highest BCUT2D eigenvalue weighted by Crippen LogP contribution is 1.76. The van der Waals surface area contributed by atoms with Crippen molar-refractivity contribution in [3.8, 4) is 0 Å². The van der Waals surface area contributed by atoms with Gasteiger partial charge in [-0.15, -0.1) is 0 Å². The van der Waals surface area contributed by atoms with E-state index in [1.54, 1.807) is 0 Å². The summed E-state index contributed by atoms with van der Waals surface area (Å²) in [5.41, 5.74) is 0. The molecule has 0 bridgehead atoms. The van der Waals surface area contributed by atoms with E-state index in [0.717, 1.165) is 0 Å². The van der Waals surface area contributed by atoms with Gasteiger partial charge in [-0.2, -0.15) is 0 Å². The Morgan fingerprint density at radius 3 is 2.50 bits per heavy atom. The highest BCUT2D eigenvalue weighted by Gasteiger charge is 1.88. The summed E-state index contributed by atoms with van der Waals surface area (Å²) in [7, 11) is 0.